The number of benzene rings is 2. The van der Waals surface area contributed by atoms with E-state index < -0.39 is 0 Å². The lowest BCUT2D eigenvalue weighted by atomic mass is 10.1. The minimum atomic E-state index is -0.371. The summed E-state index contributed by atoms with van der Waals surface area (Å²) in [6.07, 6.45) is 0. The fraction of sp³-hybridized carbons (Fsp3) is 0.222. The Bertz CT molecular complexity index is 750. The van der Waals surface area contributed by atoms with Crippen LogP contribution in [0, 0.1) is 12.7 Å². The van der Waals surface area contributed by atoms with Crippen LogP contribution >= 0.6 is 12.2 Å². The van der Waals surface area contributed by atoms with Crippen LogP contribution in [0.4, 0.5) is 10.1 Å². The van der Waals surface area contributed by atoms with Crippen molar-refractivity contribution in [2.75, 3.05) is 11.9 Å². The van der Waals surface area contributed by atoms with Crippen molar-refractivity contribution >= 4 is 29.0 Å². The van der Waals surface area contributed by atoms with Crippen molar-refractivity contribution < 1.29 is 13.9 Å². The first-order valence-corrected chi connectivity index (χ1v) is 7.98. The zero-order valence-corrected chi connectivity index (χ0v) is 14.4. The first-order chi connectivity index (χ1) is 11.5. The molecule has 0 aliphatic heterocycles. The van der Waals surface area contributed by atoms with Crippen LogP contribution in [0.15, 0.2) is 42.5 Å². The van der Waals surface area contributed by atoms with E-state index in [-0.39, 0.29) is 18.3 Å². The third-order valence-corrected chi connectivity index (χ3v) is 3.72. The number of hydrogen-bond donors (Lipinski definition) is 2. The molecule has 0 radical (unpaired) electrons. The molecule has 0 saturated carbocycles. The van der Waals surface area contributed by atoms with Gasteiger partial charge in [0.2, 0.25) is 0 Å². The van der Waals surface area contributed by atoms with Gasteiger partial charge in [-0.1, -0.05) is 24.3 Å². The van der Waals surface area contributed by atoms with Gasteiger partial charge in [0, 0.05) is 17.8 Å². The van der Waals surface area contributed by atoms with Gasteiger partial charge in [0.15, 0.2) is 5.11 Å². The topological polar surface area (TPSA) is 50.4 Å². The third kappa shape index (κ3) is 4.52. The van der Waals surface area contributed by atoms with Crippen LogP contribution in [0.2, 0.25) is 0 Å². The van der Waals surface area contributed by atoms with Gasteiger partial charge in [0.05, 0.1) is 12.2 Å². The lowest BCUT2D eigenvalue weighted by molar-refractivity contribution is 0.0525. The molecule has 0 aliphatic rings. The normalized spacial score (nSPS) is 10.1. The van der Waals surface area contributed by atoms with E-state index in [0.29, 0.717) is 28.5 Å². The van der Waals surface area contributed by atoms with E-state index in [1.165, 1.54) is 6.07 Å². The summed E-state index contributed by atoms with van der Waals surface area (Å²) >= 11 is 5.24. The maximum atomic E-state index is 13.6. The highest BCUT2D eigenvalue weighted by molar-refractivity contribution is 7.80. The highest BCUT2D eigenvalue weighted by Crippen LogP contribution is 2.20. The molecule has 0 heterocycles. The molecule has 0 aliphatic carbocycles. The van der Waals surface area contributed by atoms with Crippen molar-refractivity contribution in [2.45, 2.75) is 20.4 Å². The second-order valence-corrected chi connectivity index (χ2v) is 5.51. The first kappa shape index (κ1) is 17.9. The van der Waals surface area contributed by atoms with Gasteiger partial charge in [-0.3, -0.25) is 0 Å². The Morgan fingerprint density at radius 1 is 1.21 bits per heavy atom. The quantitative estimate of drug-likeness (QED) is 0.637. The van der Waals surface area contributed by atoms with Crippen LogP contribution in [-0.4, -0.2) is 17.7 Å². The summed E-state index contributed by atoms with van der Waals surface area (Å²) in [6.45, 7) is 4.17. The molecule has 0 aromatic heterocycles. The van der Waals surface area contributed by atoms with Crippen molar-refractivity contribution in [3.63, 3.8) is 0 Å². The molecule has 2 rings (SSSR count). The number of hydrogen-bond acceptors (Lipinski definition) is 3. The molecular formula is C18H19FN2O2S. The average Bonchev–Trinajstić information content (AvgIpc) is 2.56. The molecule has 0 spiro atoms. The summed E-state index contributed by atoms with van der Waals surface area (Å²) in [6, 6.07) is 11.8. The average molecular weight is 346 g/mol. The summed E-state index contributed by atoms with van der Waals surface area (Å²) in [7, 11) is 0. The van der Waals surface area contributed by atoms with Crippen LogP contribution in [0.25, 0.3) is 0 Å². The lowest BCUT2D eigenvalue weighted by Crippen LogP contribution is -2.28. The van der Waals surface area contributed by atoms with Gasteiger partial charge in [-0.05, 0) is 49.8 Å². The van der Waals surface area contributed by atoms with Crippen LogP contribution < -0.4 is 10.6 Å². The van der Waals surface area contributed by atoms with Crippen molar-refractivity contribution in [3.05, 3.63) is 65.0 Å². The number of ether oxygens (including phenoxy) is 1. The molecular weight excluding hydrogens is 327 g/mol. The first-order valence-electron chi connectivity index (χ1n) is 7.58. The van der Waals surface area contributed by atoms with Crippen molar-refractivity contribution in [3.8, 4) is 0 Å². The summed E-state index contributed by atoms with van der Waals surface area (Å²) in [5.41, 5.74) is 2.45. The second kappa shape index (κ2) is 8.40. The summed E-state index contributed by atoms with van der Waals surface area (Å²) < 4.78 is 18.6. The second-order valence-electron chi connectivity index (χ2n) is 5.10. The number of anilines is 1. The highest BCUT2D eigenvalue weighted by Gasteiger charge is 2.13. The third-order valence-electron chi connectivity index (χ3n) is 3.47. The largest absolute Gasteiger partial charge is 0.462 e. The minimum absolute atomic E-state index is 0.273. The predicted molar refractivity (Wildman–Crippen MR) is 96.6 cm³/mol. The number of nitrogens with one attached hydrogen (secondary N) is 2. The van der Waals surface area contributed by atoms with Crippen LogP contribution in [0.1, 0.15) is 28.4 Å². The Labute approximate surface area is 146 Å². The predicted octanol–water partition coefficient (Wildman–Crippen LogP) is 3.80. The van der Waals surface area contributed by atoms with Gasteiger partial charge in [-0.2, -0.15) is 0 Å². The Hall–Kier alpha value is -2.47. The zero-order valence-electron chi connectivity index (χ0n) is 13.6. The molecule has 0 bridgehead atoms. The van der Waals surface area contributed by atoms with Crippen molar-refractivity contribution in [2.24, 2.45) is 0 Å². The van der Waals surface area contributed by atoms with Crippen molar-refractivity contribution in [1.82, 2.24) is 5.32 Å². The van der Waals surface area contributed by atoms with Gasteiger partial charge >= 0.3 is 5.97 Å². The van der Waals surface area contributed by atoms with E-state index >= 15 is 0 Å². The zero-order chi connectivity index (χ0) is 17.5. The highest BCUT2D eigenvalue weighted by atomic mass is 32.1. The van der Waals surface area contributed by atoms with E-state index in [1.54, 1.807) is 37.3 Å². The van der Waals surface area contributed by atoms with E-state index in [0.717, 1.165) is 5.56 Å². The van der Waals surface area contributed by atoms with Crippen LogP contribution in [-0.2, 0) is 11.3 Å². The molecule has 2 N–H and O–H groups in total. The molecule has 0 amide bonds. The maximum absolute atomic E-state index is 13.6. The molecule has 4 nitrogen and oxygen atoms in total. The van der Waals surface area contributed by atoms with Crippen LogP contribution in [0.5, 0.6) is 0 Å². The number of carbonyl (C=O) groups is 1. The Kier molecular flexibility index (Phi) is 6.26. The van der Waals surface area contributed by atoms with Gasteiger partial charge in [-0.25, -0.2) is 9.18 Å². The molecule has 0 saturated heterocycles. The SMILES string of the molecule is CCOC(=O)c1cccc(NC(=S)NCc2ccccc2F)c1C. The van der Waals surface area contributed by atoms with Gasteiger partial charge < -0.3 is 15.4 Å². The minimum Gasteiger partial charge on any atom is -0.462 e. The molecule has 24 heavy (non-hydrogen) atoms. The van der Waals surface area contributed by atoms with Gasteiger partial charge in [0.1, 0.15) is 5.82 Å². The fourth-order valence-electron chi connectivity index (χ4n) is 2.18. The molecule has 0 atom stereocenters. The van der Waals surface area contributed by atoms with E-state index in [1.807, 2.05) is 13.0 Å². The van der Waals surface area contributed by atoms with Gasteiger partial charge in [0.25, 0.3) is 0 Å². The number of rotatable bonds is 5. The maximum Gasteiger partial charge on any atom is 0.338 e. The summed E-state index contributed by atoms with van der Waals surface area (Å²) in [4.78, 5) is 11.9. The molecule has 6 heteroatoms. The monoisotopic (exact) mass is 346 g/mol. The number of esters is 1. The molecule has 2 aromatic carbocycles. The van der Waals surface area contributed by atoms with E-state index in [4.69, 9.17) is 17.0 Å². The molecule has 0 unspecified atom stereocenters. The molecule has 126 valence electrons. The van der Waals surface area contributed by atoms with Crippen molar-refractivity contribution in [1.29, 1.82) is 0 Å². The molecule has 2 aromatic rings. The standard InChI is InChI=1S/C18H19FN2O2S/c1-3-23-17(22)14-8-6-10-16(12(14)2)21-18(24)20-11-13-7-4-5-9-15(13)19/h4-10H,3,11H2,1-2H3,(H2,20,21,24). The summed E-state index contributed by atoms with van der Waals surface area (Å²) in [5, 5.41) is 6.33. The smallest absolute Gasteiger partial charge is 0.338 e. The fourth-order valence-corrected chi connectivity index (χ4v) is 2.37. The lowest BCUT2D eigenvalue weighted by Gasteiger charge is -2.14. The number of halogens is 1. The molecule has 0 fully saturated rings. The van der Waals surface area contributed by atoms with E-state index in [9.17, 15) is 9.18 Å². The van der Waals surface area contributed by atoms with Crippen LogP contribution in [0.3, 0.4) is 0 Å². The Morgan fingerprint density at radius 3 is 2.67 bits per heavy atom. The number of thiocarbonyl (C=S) groups is 1. The Balaban J connectivity index is 2.03. The van der Waals surface area contributed by atoms with E-state index in [2.05, 4.69) is 10.6 Å². The number of carbonyl (C=O) groups excluding carboxylic acids is 1. The summed E-state index contributed by atoms with van der Waals surface area (Å²) in [5.74, 6) is -0.655. The Morgan fingerprint density at radius 2 is 1.96 bits per heavy atom. The van der Waals surface area contributed by atoms with Gasteiger partial charge in [-0.15, -0.1) is 0 Å².